The van der Waals surface area contributed by atoms with Gasteiger partial charge in [0.2, 0.25) is 5.09 Å². The van der Waals surface area contributed by atoms with E-state index in [0.717, 1.165) is 12.3 Å². The summed E-state index contributed by atoms with van der Waals surface area (Å²) in [5.74, 6) is 0.784. The van der Waals surface area contributed by atoms with Crippen molar-refractivity contribution in [2.45, 2.75) is 24.5 Å². The molecule has 10 heteroatoms. The Balaban J connectivity index is 1.75. The van der Waals surface area contributed by atoms with Gasteiger partial charge >= 0.3 is 6.03 Å². The van der Waals surface area contributed by atoms with Crippen LogP contribution in [0.4, 0.5) is 10.5 Å². The summed E-state index contributed by atoms with van der Waals surface area (Å²) in [6.07, 6.45) is 1.12. The van der Waals surface area contributed by atoms with Crippen molar-refractivity contribution >= 4 is 21.7 Å². The number of hydrogen-bond acceptors (Lipinski definition) is 7. The molecule has 0 atom stereocenters. The number of amides is 2. The smallest absolute Gasteiger partial charge is 0.333 e. The van der Waals surface area contributed by atoms with Crippen molar-refractivity contribution < 1.29 is 32.2 Å². The van der Waals surface area contributed by atoms with Gasteiger partial charge in [-0.25, -0.2) is 9.52 Å². The standard InChI is InChI=1S/C16H18N2O7S/c1-16(2,20)10-8-13(25-9-10)26(21,22)18-15(19)17-11-4-3-5-12-14(11)24-7-6-23-12/h3-5,8-9,20H,6-7H2,1-2H3,(H2,17,18,19). The van der Waals surface area contributed by atoms with Gasteiger partial charge in [-0.15, -0.1) is 0 Å². The minimum absolute atomic E-state index is 0.265. The lowest BCUT2D eigenvalue weighted by Crippen LogP contribution is -2.34. The molecule has 3 rings (SSSR count). The second-order valence-electron chi connectivity index (χ2n) is 6.10. The van der Waals surface area contributed by atoms with E-state index < -0.39 is 26.7 Å². The number of aliphatic hydroxyl groups is 1. The molecule has 0 saturated carbocycles. The summed E-state index contributed by atoms with van der Waals surface area (Å²) in [5, 5.41) is 11.8. The summed E-state index contributed by atoms with van der Waals surface area (Å²) in [6.45, 7) is 3.67. The molecular weight excluding hydrogens is 364 g/mol. The van der Waals surface area contributed by atoms with Crippen LogP contribution in [-0.2, 0) is 15.6 Å². The van der Waals surface area contributed by atoms with Crippen LogP contribution < -0.4 is 19.5 Å². The second-order valence-corrected chi connectivity index (χ2v) is 7.72. The number of fused-ring (bicyclic) bond motifs is 1. The van der Waals surface area contributed by atoms with Gasteiger partial charge in [-0.3, -0.25) is 0 Å². The van der Waals surface area contributed by atoms with E-state index >= 15 is 0 Å². The van der Waals surface area contributed by atoms with Crippen LogP contribution in [0.3, 0.4) is 0 Å². The number of furan rings is 1. The zero-order valence-corrected chi connectivity index (χ0v) is 14.9. The molecular formula is C16H18N2O7S. The average Bonchev–Trinajstić information content (AvgIpc) is 3.06. The lowest BCUT2D eigenvalue weighted by molar-refractivity contribution is 0.0779. The number of hydrogen-bond donors (Lipinski definition) is 3. The maximum absolute atomic E-state index is 12.3. The molecule has 0 unspecified atom stereocenters. The second kappa shape index (κ2) is 6.54. The minimum Gasteiger partial charge on any atom is -0.486 e. The first-order valence-corrected chi connectivity index (χ1v) is 9.19. The molecule has 26 heavy (non-hydrogen) atoms. The number of urea groups is 1. The normalized spacial score (nSPS) is 14.0. The molecule has 2 heterocycles. The van der Waals surface area contributed by atoms with Crippen LogP contribution >= 0.6 is 0 Å². The van der Waals surface area contributed by atoms with Crippen LogP contribution in [0, 0.1) is 0 Å². The monoisotopic (exact) mass is 382 g/mol. The molecule has 1 aromatic heterocycles. The fourth-order valence-corrected chi connectivity index (χ4v) is 3.12. The number of para-hydroxylation sites is 1. The number of anilines is 1. The molecule has 0 fully saturated rings. The highest BCUT2D eigenvalue weighted by molar-refractivity contribution is 7.89. The fraction of sp³-hybridized carbons (Fsp3) is 0.312. The molecule has 1 aliphatic heterocycles. The Labute approximate surface area is 150 Å². The molecule has 1 aromatic carbocycles. The summed E-state index contributed by atoms with van der Waals surface area (Å²) >= 11 is 0. The molecule has 2 amide bonds. The van der Waals surface area contributed by atoms with Crippen molar-refractivity contribution in [3.8, 4) is 11.5 Å². The Morgan fingerprint density at radius 1 is 1.23 bits per heavy atom. The Morgan fingerprint density at radius 3 is 2.65 bits per heavy atom. The van der Waals surface area contributed by atoms with Gasteiger partial charge in [0.1, 0.15) is 13.2 Å². The zero-order valence-electron chi connectivity index (χ0n) is 14.1. The van der Waals surface area contributed by atoms with Gasteiger partial charge in [0.15, 0.2) is 11.5 Å². The molecule has 0 aliphatic carbocycles. The van der Waals surface area contributed by atoms with E-state index in [4.69, 9.17) is 13.9 Å². The average molecular weight is 382 g/mol. The van der Waals surface area contributed by atoms with Gasteiger partial charge in [0, 0.05) is 11.6 Å². The molecule has 0 radical (unpaired) electrons. The van der Waals surface area contributed by atoms with E-state index in [1.165, 1.54) is 13.8 Å². The molecule has 0 bridgehead atoms. The van der Waals surface area contributed by atoms with Crippen LogP contribution in [-0.4, -0.2) is 32.8 Å². The van der Waals surface area contributed by atoms with Crippen LogP contribution in [0.15, 0.2) is 40.0 Å². The predicted molar refractivity (Wildman–Crippen MR) is 90.7 cm³/mol. The topological polar surface area (TPSA) is 127 Å². The molecule has 9 nitrogen and oxygen atoms in total. The van der Waals surface area contributed by atoms with E-state index in [-0.39, 0.29) is 11.3 Å². The fourth-order valence-electron chi connectivity index (χ4n) is 2.27. The van der Waals surface area contributed by atoms with Crippen molar-refractivity contribution in [3.63, 3.8) is 0 Å². The maximum Gasteiger partial charge on any atom is 0.333 e. The Morgan fingerprint density at radius 2 is 1.96 bits per heavy atom. The van der Waals surface area contributed by atoms with Crippen LogP contribution in [0.5, 0.6) is 11.5 Å². The van der Waals surface area contributed by atoms with Gasteiger partial charge in [-0.1, -0.05) is 6.07 Å². The lowest BCUT2D eigenvalue weighted by atomic mass is 10.0. The highest BCUT2D eigenvalue weighted by Crippen LogP contribution is 2.37. The third kappa shape index (κ3) is 3.75. The summed E-state index contributed by atoms with van der Waals surface area (Å²) < 4.78 is 42.2. The zero-order chi connectivity index (χ0) is 18.9. The largest absolute Gasteiger partial charge is 0.486 e. The third-order valence-electron chi connectivity index (χ3n) is 3.59. The number of sulfonamides is 1. The summed E-state index contributed by atoms with van der Waals surface area (Å²) in [5.41, 5.74) is -0.743. The summed E-state index contributed by atoms with van der Waals surface area (Å²) in [6, 6.07) is 5.03. The van der Waals surface area contributed by atoms with E-state index in [0.29, 0.717) is 24.7 Å². The van der Waals surface area contributed by atoms with E-state index in [9.17, 15) is 18.3 Å². The minimum atomic E-state index is -4.25. The van der Waals surface area contributed by atoms with Crippen molar-refractivity contribution in [3.05, 3.63) is 36.1 Å². The number of carbonyl (C=O) groups excluding carboxylic acids is 1. The van der Waals surface area contributed by atoms with Gasteiger partial charge in [0.25, 0.3) is 10.0 Å². The molecule has 0 saturated heterocycles. The molecule has 1 aliphatic rings. The molecule has 2 aromatic rings. The molecule has 3 N–H and O–H groups in total. The number of benzene rings is 1. The van der Waals surface area contributed by atoms with Gasteiger partial charge in [-0.05, 0) is 26.0 Å². The van der Waals surface area contributed by atoms with Crippen molar-refractivity contribution in [2.24, 2.45) is 0 Å². The SMILES string of the molecule is CC(C)(O)c1coc(S(=O)(=O)NC(=O)Nc2cccc3c2OCCO3)c1. The van der Waals surface area contributed by atoms with Crippen LogP contribution in [0.1, 0.15) is 19.4 Å². The highest BCUT2D eigenvalue weighted by atomic mass is 32.2. The van der Waals surface area contributed by atoms with E-state index in [2.05, 4.69) is 5.32 Å². The van der Waals surface area contributed by atoms with Gasteiger partial charge < -0.3 is 24.3 Å². The van der Waals surface area contributed by atoms with Gasteiger partial charge in [0.05, 0.1) is 17.6 Å². The van der Waals surface area contributed by atoms with Gasteiger partial charge in [-0.2, -0.15) is 8.42 Å². The maximum atomic E-state index is 12.3. The molecule has 0 spiro atoms. The summed E-state index contributed by atoms with van der Waals surface area (Å²) in [7, 11) is -4.25. The first kappa shape index (κ1) is 18.1. The third-order valence-corrected chi connectivity index (χ3v) is 4.79. The Kier molecular flexibility index (Phi) is 4.55. The van der Waals surface area contributed by atoms with Crippen molar-refractivity contribution in [1.29, 1.82) is 0 Å². The van der Waals surface area contributed by atoms with Crippen molar-refractivity contribution in [2.75, 3.05) is 18.5 Å². The quantitative estimate of drug-likeness (QED) is 0.735. The lowest BCUT2D eigenvalue weighted by Gasteiger charge is -2.21. The van der Waals surface area contributed by atoms with Crippen LogP contribution in [0.25, 0.3) is 0 Å². The first-order valence-electron chi connectivity index (χ1n) is 7.70. The Hall–Kier alpha value is -2.72. The highest BCUT2D eigenvalue weighted by Gasteiger charge is 2.27. The summed E-state index contributed by atoms with van der Waals surface area (Å²) in [4.78, 5) is 12.1. The van der Waals surface area contributed by atoms with E-state index in [1.54, 1.807) is 18.2 Å². The number of ether oxygens (including phenoxy) is 2. The number of carbonyl (C=O) groups is 1. The Bertz CT molecular complexity index is 928. The van der Waals surface area contributed by atoms with E-state index in [1.807, 2.05) is 4.72 Å². The van der Waals surface area contributed by atoms with Crippen molar-refractivity contribution in [1.82, 2.24) is 4.72 Å². The molecule has 140 valence electrons. The van der Waals surface area contributed by atoms with Crippen LogP contribution in [0.2, 0.25) is 0 Å². The first-order chi connectivity index (χ1) is 12.2. The number of rotatable bonds is 4. The number of nitrogens with one attached hydrogen (secondary N) is 2. The predicted octanol–water partition coefficient (Wildman–Crippen LogP) is 1.79.